The quantitative estimate of drug-likeness (QED) is 0.876. The average molecular weight is 244 g/mol. The highest BCUT2D eigenvalue weighted by molar-refractivity contribution is 5.46. The zero-order valence-corrected chi connectivity index (χ0v) is 10.5. The maximum atomic E-state index is 5.78. The Hall–Kier alpha value is -2.23. The molecule has 18 heavy (non-hydrogen) atoms. The van der Waals surface area contributed by atoms with Gasteiger partial charge in [-0.05, 0) is 25.1 Å². The second-order valence-electron chi connectivity index (χ2n) is 3.66. The first-order chi connectivity index (χ1) is 8.83. The molecule has 2 aromatic rings. The van der Waals surface area contributed by atoms with E-state index in [2.05, 4.69) is 10.3 Å². The van der Waals surface area contributed by atoms with Gasteiger partial charge in [-0.1, -0.05) is 12.1 Å². The van der Waals surface area contributed by atoms with E-state index in [0.29, 0.717) is 11.5 Å². The number of anilines is 1. The summed E-state index contributed by atoms with van der Waals surface area (Å²) in [6, 6.07) is 11.2. The number of nitrogens with one attached hydrogen (secondary N) is 1. The fourth-order valence-electron chi connectivity index (χ4n) is 1.58. The summed E-state index contributed by atoms with van der Waals surface area (Å²) in [4.78, 5) is 4.19. The van der Waals surface area contributed by atoms with E-state index in [0.717, 1.165) is 18.1 Å². The van der Waals surface area contributed by atoms with Gasteiger partial charge in [-0.15, -0.1) is 0 Å². The SMILES string of the molecule is CCNc1cc(Oc2ccccc2OC)ccn1. The minimum atomic E-state index is 0.689. The maximum absolute atomic E-state index is 5.78. The number of para-hydroxylation sites is 2. The number of nitrogens with zero attached hydrogens (tertiary/aromatic N) is 1. The minimum absolute atomic E-state index is 0.689. The van der Waals surface area contributed by atoms with Gasteiger partial charge in [0.15, 0.2) is 11.5 Å². The Morgan fingerprint density at radius 2 is 1.94 bits per heavy atom. The van der Waals surface area contributed by atoms with Crippen LogP contribution in [0, 0.1) is 0 Å². The molecule has 1 aromatic heterocycles. The van der Waals surface area contributed by atoms with Gasteiger partial charge in [0.25, 0.3) is 0 Å². The first-order valence-corrected chi connectivity index (χ1v) is 5.84. The molecule has 0 aliphatic heterocycles. The summed E-state index contributed by atoms with van der Waals surface area (Å²) in [5.74, 6) is 2.92. The van der Waals surface area contributed by atoms with Crippen molar-refractivity contribution in [1.29, 1.82) is 0 Å². The summed E-state index contributed by atoms with van der Waals surface area (Å²) < 4.78 is 11.0. The van der Waals surface area contributed by atoms with Crippen LogP contribution in [-0.4, -0.2) is 18.6 Å². The van der Waals surface area contributed by atoms with Gasteiger partial charge in [0.1, 0.15) is 11.6 Å². The molecular weight excluding hydrogens is 228 g/mol. The number of ether oxygens (including phenoxy) is 2. The smallest absolute Gasteiger partial charge is 0.169 e. The van der Waals surface area contributed by atoms with Crippen LogP contribution < -0.4 is 14.8 Å². The van der Waals surface area contributed by atoms with E-state index in [4.69, 9.17) is 9.47 Å². The van der Waals surface area contributed by atoms with Crippen molar-refractivity contribution in [3.63, 3.8) is 0 Å². The van der Waals surface area contributed by atoms with Gasteiger partial charge < -0.3 is 14.8 Å². The summed E-state index contributed by atoms with van der Waals surface area (Å²) in [5, 5.41) is 3.14. The Bertz CT molecular complexity index is 515. The van der Waals surface area contributed by atoms with Crippen LogP contribution >= 0.6 is 0 Å². The number of hydrogen-bond donors (Lipinski definition) is 1. The minimum Gasteiger partial charge on any atom is -0.493 e. The molecule has 0 atom stereocenters. The fourth-order valence-corrected chi connectivity index (χ4v) is 1.58. The first kappa shape index (κ1) is 12.2. The molecule has 0 bridgehead atoms. The van der Waals surface area contributed by atoms with Crippen molar-refractivity contribution in [3.8, 4) is 17.2 Å². The Morgan fingerprint density at radius 3 is 2.67 bits per heavy atom. The van der Waals surface area contributed by atoms with Crippen LogP contribution in [0.25, 0.3) is 0 Å². The van der Waals surface area contributed by atoms with Crippen molar-refractivity contribution >= 4 is 5.82 Å². The summed E-state index contributed by atoms with van der Waals surface area (Å²) in [6.45, 7) is 2.85. The van der Waals surface area contributed by atoms with E-state index in [-0.39, 0.29) is 0 Å². The van der Waals surface area contributed by atoms with E-state index >= 15 is 0 Å². The van der Waals surface area contributed by atoms with Gasteiger partial charge in [-0.2, -0.15) is 0 Å². The third-order valence-corrected chi connectivity index (χ3v) is 2.39. The van der Waals surface area contributed by atoms with Gasteiger partial charge in [-0.25, -0.2) is 4.98 Å². The van der Waals surface area contributed by atoms with Crippen molar-refractivity contribution in [2.75, 3.05) is 19.0 Å². The molecule has 94 valence electrons. The monoisotopic (exact) mass is 244 g/mol. The predicted octanol–water partition coefficient (Wildman–Crippen LogP) is 3.31. The third kappa shape index (κ3) is 2.91. The molecule has 0 unspecified atom stereocenters. The van der Waals surface area contributed by atoms with Crippen molar-refractivity contribution < 1.29 is 9.47 Å². The Morgan fingerprint density at radius 1 is 1.17 bits per heavy atom. The molecule has 4 heteroatoms. The highest BCUT2D eigenvalue weighted by Gasteiger charge is 2.04. The molecular formula is C14H16N2O2. The predicted molar refractivity (Wildman–Crippen MR) is 71.5 cm³/mol. The van der Waals surface area contributed by atoms with Crippen LogP contribution in [0.15, 0.2) is 42.6 Å². The lowest BCUT2D eigenvalue weighted by Crippen LogP contribution is -1.99. The number of methoxy groups -OCH3 is 1. The Kier molecular flexibility index (Phi) is 4.02. The van der Waals surface area contributed by atoms with Gasteiger partial charge in [0, 0.05) is 18.8 Å². The van der Waals surface area contributed by atoms with Gasteiger partial charge in [-0.3, -0.25) is 0 Å². The van der Waals surface area contributed by atoms with Crippen molar-refractivity contribution in [3.05, 3.63) is 42.6 Å². The second-order valence-corrected chi connectivity index (χ2v) is 3.66. The van der Waals surface area contributed by atoms with E-state index < -0.39 is 0 Å². The Labute approximate surface area is 107 Å². The number of aromatic nitrogens is 1. The molecule has 0 aliphatic rings. The van der Waals surface area contributed by atoms with E-state index in [9.17, 15) is 0 Å². The average Bonchev–Trinajstić information content (AvgIpc) is 2.40. The summed E-state index contributed by atoms with van der Waals surface area (Å²) in [6.07, 6.45) is 1.71. The van der Waals surface area contributed by atoms with Gasteiger partial charge in [0.2, 0.25) is 0 Å². The molecule has 2 rings (SSSR count). The summed E-state index contributed by atoms with van der Waals surface area (Å²) in [5.41, 5.74) is 0. The van der Waals surface area contributed by atoms with Crippen molar-refractivity contribution in [1.82, 2.24) is 4.98 Å². The normalized spacial score (nSPS) is 9.89. The van der Waals surface area contributed by atoms with E-state index in [1.54, 1.807) is 13.3 Å². The van der Waals surface area contributed by atoms with Crippen LogP contribution in [0.4, 0.5) is 5.82 Å². The lowest BCUT2D eigenvalue weighted by atomic mass is 10.3. The lowest BCUT2D eigenvalue weighted by Gasteiger charge is -2.10. The van der Waals surface area contributed by atoms with Crippen LogP contribution in [0.1, 0.15) is 6.92 Å². The zero-order valence-electron chi connectivity index (χ0n) is 10.5. The summed E-state index contributed by atoms with van der Waals surface area (Å²) >= 11 is 0. The topological polar surface area (TPSA) is 43.4 Å². The highest BCUT2D eigenvalue weighted by atomic mass is 16.5. The molecule has 1 heterocycles. The third-order valence-electron chi connectivity index (χ3n) is 2.39. The molecule has 0 saturated heterocycles. The van der Waals surface area contributed by atoms with Crippen LogP contribution in [0.3, 0.4) is 0 Å². The number of hydrogen-bond acceptors (Lipinski definition) is 4. The molecule has 0 aliphatic carbocycles. The van der Waals surface area contributed by atoms with Crippen molar-refractivity contribution in [2.24, 2.45) is 0 Å². The largest absolute Gasteiger partial charge is 0.493 e. The molecule has 0 radical (unpaired) electrons. The number of pyridine rings is 1. The molecule has 0 amide bonds. The van der Waals surface area contributed by atoms with Crippen LogP contribution in [-0.2, 0) is 0 Å². The lowest BCUT2D eigenvalue weighted by molar-refractivity contribution is 0.379. The molecule has 0 saturated carbocycles. The molecule has 4 nitrogen and oxygen atoms in total. The van der Waals surface area contributed by atoms with Gasteiger partial charge in [0.05, 0.1) is 7.11 Å². The number of benzene rings is 1. The van der Waals surface area contributed by atoms with Crippen LogP contribution in [0.2, 0.25) is 0 Å². The van der Waals surface area contributed by atoms with Crippen LogP contribution in [0.5, 0.6) is 17.2 Å². The zero-order chi connectivity index (χ0) is 12.8. The summed E-state index contributed by atoms with van der Waals surface area (Å²) in [7, 11) is 1.62. The second kappa shape index (κ2) is 5.91. The van der Waals surface area contributed by atoms with Gasteiger partial charge >= 0.3 is 0 Å². The molecule has 0 fully saturated rings. The fraction of sp³-hybridized carbons (Fsp3) is 0.214. The maximum Gasteiger partial charge on any atom is 0.169 e. The first-order valence-electron chi connectivity index (χ1n) is 5.84. The Balaban J connectivity index is 2.20. The van der Waals surface area contributed by atoms with E-state index in [1.165, 1.54) is 0 Å². The molecule has 1 aromatic carbocycles. The molecule has 0 spiro atoms. The highest BCUT2D eigenvalue weighted by Crippen LogP contribution is 2.31. The molecule has 1 N–H and O–H groups in total. The standard InChI is InChI=1S/C14H16N2O2/c1-3-15-14-10-11(8-9-16-14)18-13-7-5-4-6-12(13)17-2/h4-10H,3H2,1-2H3,(H,15,16). The van der Waals surface area contributed by atoms with E-state index in [1.807, 2.05) is 43.3 Å². The number of rotatable bonds is 5. The van der Waals surface area contributed by atoms with Crippen molar-refractivity contribution in [2.45, 2.75) is 6.92 Å².